The summed E-state index contributed by atoms with van der Waals surface area (Å²) in [5, 5.41) is 0. The van der Waals surface area contributed by atoms with E-state index in [0.717, 1.165) is 38.3 Å². The average molecular weight is 290 g/mol. The molecule has 1 aromatic carbocycles. The van der Waals surface area contributed by atoms with Gasteiger partial charge in [-0.2, -0.15) is 0 Å². The monoisotopic (exact) mass is 290 g/mol. The number of anilines is 1. The van der Waals surface area contributed by atoms with Crippen LogP contribution in [-0.4, -0.2) is 44.1 Å². The van der Waals surface area contributed by atoms with Gasteiger partial charge in [0.15, 0.2) is 0 Å². The summed E-state index contributed by atoms with van der Waals surface area (Å²) < 4.78 is 5.18. The number of ether oxygens (including phenoxy) is 1. The van der Waals surface area contributed by atoms with Gasteiger partial charge in [0.2, 0.25) is 5.91 Å². The molecule has 0 aliphatic carbocycles. The van der Waals surface area contributed by atoms with E-state index in [2.05, 4.69) is 30.9 Å². The molecule has 0 unspecified atom stereocenters. The largest absolute Gasteiger partial charge is 0.497 e. The van der Waals surface area contributed by atoms with E-state index in [0.29, 0.717) is 18.2 Å². The second kappa shape index (κ2) is 7.34. The maximum atomic E-state index is 12.1. The third-order valence-electron chi connectivity index (χ3n) is 4.01. The SMILES string of the molecule is COc1ccc(N2CCN(C(=O)CCC(C)C)CC2)cc1. The van der Waals surface area contributed by atoms with Gasteiger partial charge in [0.05, 0.1) is 7.11 Å². The molecule has 2 rings (SSSR count). The van der Waals surface area contributed by atoms with E-state index in [-0.39, 0.29) is 0 Å². The van der Waals surface area contributed by atoms with E-state index in [1.807, 2.05) is 17.0 Å². The number of amides is 1. The number of nitrogens with zero attached hydrogens (tertiary/aromatic N) is 2. The number of hydrogen-bond donors (Lipinski definition) is 0. The molecule has 0 bridgehead atoms. The third-order valence-corrected chi connectivity index (χ3v) is 4.01. The molecule has 4 nitrogen and oxygen atoms in total. The first-order valence-electron chi connectivity index (χ1n) is 7.77. The summed E-state index contributed by atoms with van der Waals surface area (Å²) in [4.78, 5) is 16.4. The van der Waals surface area contributed by atoms with Gasteiger partial charge in [0.1, 0.15) is 5.75 Å². The first-order chi connectivity index (χ1) is 10.1. The molecule has 21 heavy (non-hydrogen) atoms. The normalized spacial score (nSPS) is 15.4. The Balaban J connectivity index is 1.83. The van der Waals surface area contributed by atoms with E-state index < -0.39 is 0 Å². The van der Waals surface area contributed by atoms with Crippen LogP contribution >= 0.6 is 0 Å². The first kappa shape index (κ1) is 15.7. The Hall–Kier alpha value is -1.71. The minimum atomic E-state index is 0.304. The lowest BCUT2D eigenvalue weighted by molar-refractivity contribution is -0.131. The highest BCUT2D eigenvalue weighted by atomic mass is 16.5. The van der Waals surface area contributed by atoms with Crippen molar-refractivity contribution < 1.29 is 9.53 Å². The zero-order valence-corrected chi connectivity index (χ0v) is 13.3. The lowest BCUT2D eigenvalue weighted by Crippen LogP contribution is -2.48. The molecule has 0 atom stereocenters. The van der Waals surface area contributed by atoms with Crippen LogP contribution in [0.1, 0.15) is 26.7 Å². The molecular formula is C17H26N2O2. The molecule has 116 valence electrons. The molecule has 1 heterocycles. The molecule has 0 aromatic heterocycles. The Bertz CT molecular complexity index is 448. The Morgan fingerprint density at radius 3 is 2.29 bits per heavy atom. The van der Waals surface area contributed by atoms with Gasteiger partial charge in [-0.25, -0.2) is 0 Å². The minimum Gasteiger partial charge on any atom is -0.497 e. The molecule has 1 fully saturated rings. The maximum Gasteiger partial charge on any atom is 0.222 e. The summed E-state index contributed by atoms with van der Waals surface area (Å²) in [6.07, 6.45) is 1.66. The van der Waals surface area contributed by atoms with Crippen LogP contribution in [0.15, 0.2) is 24.3 Å². The predicted molar refractivity (Wildman–Crippen MR) is 85.9 cm³/mol. The molecule has 1 aliphatic rings. The number of benzene rings is 1. The quantitative estimate of drug-likeness (QED) is 0.836. The lowest BCUT2D eigenvalue weighted by atomic mass is 10.1. The summed E-state index contributed by atoms with van der Waals surface area (Å²) in [7, 11) is 1.68. The van der Waals surface area contributed by atoms with Crippen molar-refractivity contribution in [3.63, 3.8) is 0 Å². The van der Waals surface area contributed by atoms with E-state index in [1.165, 1.54) is 5.69 Å². The van der Waals surface area contributed by atoms with Gasteiger partial charge in [0, 0.05) is 38.3 Å². The highest BCUT2D eigenvalue weighted by Gasteiger charge is 2.21. The third kappa shape index (κ3) is 4.38. The molecule has 1 aromatic rings. The summed E-state index contributed by atoms with van der Waals surface area (Å²) >= 11 is 0. The van der Waals surface area contributed by atoms with Crippen LogP contribution < -0.4 is 9.64 Å². The average Bonchev–Trinajstić information content (AvgIpc) is 2.53. The van der Waals surface area contributed by atoms with Gasteiger partial charge in [-0.1, -0.05) is 13.8 Å². The van der Waals surface area contributed by atoms with Gasteiger partial charge >= 0.3 is 0 Å². The fourth-order valence-electron chi connectivity index (χ4n) is 2.58. The van der Waals surface area contributed by atoms with E-state index in [1.54, 1.807) is 7.11 Å². The molecule has 1 aliphatic heterocycles. The van der Waals surface area contributed by atoms with E-state index >= 15 is 0 Å². The zero-order chi connectivity index (χ0) is 15.2. The van der Waals surface area contributed by atoms with E-state index in [4.69, 9.17) is 4.74 Å². The van der Waals surface area contributed by atoms with Gasteiger partial charge in [-0.3, -0.25) is 4.79 Å². The predicted octanol–water partition coefficient (Wildman–Crippen LogP) is 2.78. The molecule has 0 radical (unpaired) electrons. The number of carbonyl (C=O) groups excluding carboxylic acids is 1. The summed E-state index contributed by atoms with van der Waals surface area (Å²) in [6, 6.07) is 8.12. The van der Waals surface area contributed by atoms with Gasteiger partial charge < -0.3 is 14.5 Å². The standard InChI is InChI=1S/C17H26N2O2/c1-14(2)4-9-17(20)19-12-10-18(11-13-19)15-5-7-16(21-3)8-6-15/h5-8,14H,4,9-13H2,1-3H3. The molecular weight excluding hydrogens is 264 g/mol. The molecule has 1 saturated heterocycles. The van der Waals surface area contributed by atoms with Gasteiger partial charge in [-0.05, 0) is 36.6 Å². The van der Waals surface area contributed by atoms with Crippen molar-refractivity contribution in [2.45, 2.75) is 26.7 Å². The fraction of sp³-hybridized carbons (Fsp3) is 0.588. The highest BCUT2D eigenvalue weighted by molar-refractivity contribution is 5.76. The summed E-state index contributed by atoms with van der Waals surface area (Å²) in [5.74, 6) is 1.77. The Labute approximate surface area is 127 Å². The topological polar surface area (TPSA) is 32.8 Å². The van der Waals surface area contributed by atoms with Crippen molar-refractivity contribution in [3.8, 4) is 5.75 Å². The van der Waals surface area contributed by atoms with Gasteiger partial charge in [-0.15, -0.1) is 0 Å². The van der Waals surface area contributed by atoms with Crippen LogP contribution in [-0.2, 0) is 4.79 Å². The smallest absolute Gasteiger partial charge is 0.222 e. The molecule has 1 amide bonds. The number of hydrogen-bond acceptors (Lipinski definition) is 3. The second-order valence-corrected chi connectivity index (χ2v) is 6.00. The Kier molecular flexibility index (Phi) is 5.48. The molecule has 0 saturated carbocycles. The number of carbonyl (C=O) groups is 1. The Morgan fingerprint density at radius 2 is 1.76 bits per heavy atom. The highest BCUT2D eigenvalue weighted by Crippen LogP contribution is 2.20. The van der Waals surface area contributed by atoms with Crippen LogP contribution in [0.3, 0.4) is 0 Å². The number of rotatable bonds is 5. The zero-order valence-electron chi connectivity index (χ0n) is 13.3. The van der Waals surface area contributed by atoms with Crippen molar-refractivity contribution >= 4 is 11.6 Å². The fourth-order valence-corrected chi connectivity index (χ4v) is 2.58. The number of methoxy groups -OCH3 is 1. The van der Waals surface area contributed by atoms with Crippen molar-refractivity contribution in [2.75, 3.05) is 38.2 Å². The first-order valence-corrected chi connectivity index (χ1v) is 7.77. The molecule has 4 heteroatoms. The van der Waals surface area contributed by atoms with Crippen LogP contribution in [0.5, 0.6) is 5.75 Å². The Morgan fingerprint density at radius 1 is 1.14 bits per heavy atom. The minimum absolute atomic E-state index is 0.304. The summed E-state index contributed by atoms with van der Waals surface area (Å²) in [5.41, 5.74) is 1.20. The second-order valence-electron chi connectivity index (χ2n) is 6.00. The summed E-state index contributed by atoms with van der Waals surface area (Å²) in [6.45, 7) is 7.77. The van der Waals surface area contributed by atoms with Crippen LogP contribution in [0.2, 0.25) is 0 Å². The van der Waals surface area contributed by atoms with E-state index in [9.17, 15) is 4.79 Å². The van der Waals surface area contributed by atoms with Crippen molar-refractivity contribution in [1.29, 1.82) is 0 Å². The van der Waals surface area contributed by atoms with Crippen LogP contribution in [0, 0.1) is 5.92 Å². The van der Waals surface area contributed by atoms with Crippen LogP contribution in [0.25, 0.3) is 0 Å². The van der Waals surface area contributed by atoms with Gasteiger partial charge in [0.25, 0.3) is 0 Å². The molecule has 0 spiro atoms. The van der Waals surface area contributed by atoms with Crippen molar-refractivity contribution in [2.24, 2.45) is 5.92 Å². The maximum absolute atomic E-state index is 12.1. The van der Waals surface area contributed by atoms with Crippen LogP contribution in [0.4, 0.5) is 5.69 Å². The lowest BCUT2D eigenvalue weighted by Gasteiger charge is -2.36. The van der Waals surface area contributed by atoms with Crippen molar-refractivity contribution in [1.82, 2.24) is 4.90 Å². The number of piperazine rings is 1. The van der Waals surface area contributed by atoms with Crippen molar-refractivity contribution in [3.05, 3.63) is 24.3 Å². The molecule has 0 N–H and O–H groups in total.